The number of ether oxygens (including phenoxy) is 1. The molecule has 0 unspecified atom stereocenters. The lowest BCUT2D eigenvalue weighted by molar-refractivity contribution is -0.137. The first kappa shape index (κ1) is 11.0. The third-order valence-electron chi connectivity index (χ3n) is 2.67. The van der Waals surface area contributed by atoms with E-state index in [9.17, 15) is 4.79 Å². The Morgan fingerprint density at radius 2 is 2.36 bits per heavy atom. The highest BCUT2D eigenvalue weighted by molar-refractivity contribution is 5.67. The van der Waals surface area contributed by atoms with Crippen molar-refractivity contribution in [1.29, 1.82) is 0 Å². The van der Waals surface area contributed by atoms with Gasteiger partial charge >= 0.3 is 5.97 Å². The van der Waals surface area contributed by atoms with Crippen molar-refractivity contribution in [3.63, 3.8) is 0 Å². The average Bonchev–Trinajstić information content (AvgIpc) is 2.07. The fourth-order valence-electron chi connectivity index (χ4n) is 1.87. The molecule has 0 N–H and O–H groups in total. The lowest BCUT2D eigenvalue weighted by atomic mass is 9.83. The van der Waals surface area contributed by atoms with Crippen molar-refractivity contribution in [3.8, 4) is 0 Å². The van der Waals surface area contributed by atoms with Gasteiger partial charge in [0.2, 0.25) is 0 Å². The van der Waals surface area contributed by atoms with Crippen LogP contribution in [0.2, 0.25) is 0 Å². The van der Waals surface area contributed by atoms with Crippen molar-refractivity contribution >= 4 is 5.97 Å². The van der Waals surface area contributed by atoms with Crippen LogP contribution in [-0.4, -0.2) is 5.97 Å². The average molecular weight is 194 g/mol. The van der Waals surface area contributed by atoms with Crippen LogP contribution in [0.3, 0.4) is 0 Å². The molecule has 0 amide bonds. The lowest BCUT2D eigenvalue weighted by Gasteiger charge is -2.24. The molecule has 2 atom stereocenters. The zero-order valence-corrected chi connectivity index (χ0v) is 8.95. The van der Waals surface area contributed by atoms with E-state index in [0.717, 1.165) is 19.3 Å². The number of carbonyl (C=O) groups is 1. The number of rotatable bonds is 3. The standard InChI is InChI=1S/C12H18O2/c1-9-6-4-5-7-12(9)8-10(2)14-11(3)13/h4,6,9,12H,2,5,7-8H2,1,3H3/t9-,12+/m1/s1. The smallest absolute Gasteiger partial charge is 0.307 e. The summed E-state index contributed by atoms with van der Waals surface area (Å²) in [7, 11) is 0. The topological polar surface area (TPSA) is 26.3 Å². The number of hydrogen-bond acceptors (Lipinski definition) is 2. The fourth-order valence-corrected chi connectivity index (χ4v) is 1.87. The fraction of sp³-hybridized carbons (Fsp3) is 0.583. The van der Waals surface area contributed by atoms with Gasteiger partial charge in [-0.25, -0.2) is 0 Å². The molecular formula is C12H18O2. The molecule has 0 bridgehead atoms. The maximum Gasteiger partial charge on any atom is 0.307 e. The van der Waals surface area contributed by atoms with Crippen molar-refractivity contribution in [2.45, 2.75) is 33.1 Å². The molecule has 0 radical (unpaired) electrons. The third-order valence-corrected chi connectivity index (χ3v) is 2.67. The van der Waals surface area contributed by atoms with Crippen molar-refractivity contribution in [2.75, 3.05) is 0 Å². The Hall–Kier alpha value is -1.05. The van der Waals surface area contributed by atoms with Crippen LogP contribution in [0.1, 0.15) is 33.1 Å². The van der Waals surface area contributed by atoms with Gasteiger partial charge in [-0.2, -0.15) is 0 Å². The highest BCUT2D eigenvalue weighted by Gasteiger charge is 2.19. The molecule has 78 valence electrons. The van der Waals surface area contributed by atoms with Gasteiger partial charge in [-0.15, -0.1) is 0 Å². The van der Waals surface area contributed by atoms with Gasteiger partial charge in [0.25, 0.3) is 0 Å². The van der Waals surface area contributed by atoms with Crippen LogP contribution in [-0.2, 0) is 9.53 Å². The van der Waals surface area contributed by atoms with Gasteiger partial charge in [-0.05, 0) is 24.7 Å². The Morgan fingerprint density at radius 3 is 2.93 bits per heavy atom. The highest BCUT2D eigenvalue weighted by atomic mass is 16.5. The Balaban J connectivity index is 2.39. The molecule has 0 saturated heterocycles. The predicted octanol–water partition coefficient (Wildman–Crippen LogP) is 3.06. The van der Waals surface area contributed by atoms with E-state index in [0.29, 0.717) is 17.6 Å². The SMILES string of the molecule is C=C(C[C@@H]1CCC=C[C@H]1C)OC(C)=O. The quantitative estimate of drug-likeness (QED) is 0.392. The molecule has 0 aromatic carbocycles. The molecule has 1 aliphatic carbocycles. The van der Waals surface area contributed by atoms with Crippen LogP contribution < -0.4 is 0 Å². The van der Waals surface area contributed by atoms with Crippen molar-refractivity contribution < 1.29 is 9.53 Å². The molecule has 0 aromatic heterocycles. The summed E-state index contributed by atoms with van der Waals surface area (Å²) in [6.07, 6.45) is 7.54. The molecule has 1 aliphatic rings. The third kappa shape index (κ3) is 3.36. The summed E-state index contributed by atoms with van der Waals surface area (Å²) in [6, 6.07) is 0. The lowest BCUT2D eigenvalue weighted by Crippen LogP contribution is -2.14. The van der Waals surface area contributed by atoms with Gasteiger partial charge in [0.05, 0.1) is 0 Å². The molecule has 2 nitrogen and oxygen atoms in total. The van der Waals surface area contributed by atoms with Crippen LogP contribution in [0, 0.1) is 11.8 Å². The van der Waals surface area contributed by atoms with Gasteiger partial charge in [0.15, 0.2) is 0 Å². The second-order valence-electron chi connectivity index (χ2n) is 3.96. The Kier molecular flexibility index (Phi) is 3.93. The summed E-state index contributed by atoms with van der Waals surface area (Å²) < 4.78 is 4.94. The number of esters is 1. The van der Waals surface area contributed by atoms with Crippen LogP contribution in [0.25, 0.3) is 0 Å². The normalized spacial score (nSPS) is 25.9. The van der Waals surface area contributed by atoms with Crippen LogP contribution in [0.5, 0.6) is 0 Å². The summed E-state index contributed by atoms with van der Waals surface area (Å²) in [5.74, 6) is 1.47. The minimum Gasteiger partial charge on any atom is -0.432 e. The molecule has 0 fully saturated rings. The van der Waals surface area contributed by atoms with Crippen molar-refractivity contribution in [2.24, 2.45) is 11.8 Å². The first-order chi connectivity index (χ1) is 6.59. The van der Waals surface area contributed by atoms with Gasteiger partial charge < -0.3 is 4.74 Å². The van der Waals surface area contributed by atoms with Gasteiger partial charge in [0, 0.05) is 13.3 Å². The van der Waals surface area contributed by atoms with Crippen molar-refractivity contribution in [1.82, 2.24) is 0 Å². The molecule has 1 rings (SSSR count). The minimum atomic E-state index is -0.269. The van der Waals surface area contributed by atoms with Crippen LogP contribution in [0.15, 0.2) is 24.5 Å². The van der Waals surface area contributed by atoms with Crippen molar-refractivity contribution in [3.05, 3.63) is 24.5 Å². The first-order valence-corrected chi connectivity index (χ1v) is 5.12. The molecule has 2 heteroatoms. The Labute approximate surface area is 85.6 Å². The van der Waals surface area contributed by atoms with E-state index in [1.807, 2.05) is 0 Å². The summed E-state index contributed by atoms with van der Waals surface area (Å²) in [4.78, 5) is 10.7. The largest absolute Gasteiger partial charge is 0.432 e. The number of hydrogen-bond donors (Lipinski definition) is 0. The van der Waals surface area contributed by atoms with E-state index in [1.165, 1.54) is 6.92 Å². The second-order valence-corrected chi connectivity index (χ2v) is 3.96. The summed E-state index contributed by atoms with van der Waals surface area (Å²) in [5, 5.41) is 0. The highest BCUT2D eigenvalue weighted by Crippen LogP contribution is 2.29. The van der Waals surface area contributed by atoms with E-state index in [-0.39, 0.29) is 5.97 Å². The maximum atomic E-state index is 10.7. The number of carbonyl (C=O) groups excluding carboxylic acids is 1. The molecule has 0 aliphatic heterocycles. The molecule has 0 saturated carbocycles. The summed E-state index contributed by atoms with van der Waals surface area (Å²) >= 11 is 0. The zero-order chi connectivity index (χ0) is 10.6. The number of allylic oxidation sites excluding steroid dienone is 3. The molecule has 0 aromatic rings. The minimum absolute atomic E-state index is 0.269. The van der Waals surface area contributed by atoms with Gasteiger partial charge in [-0.1, -0.05) is 25.7 Å². The van der Waals surface area contributed by atoms with E-state index >= 15 is 0 Å². The zero-order valence-electron chi connectivity index (χ0n) is 8.95. The Bertz CT molecular complexity index is 253. The van der Waals surface area contributed by atoms with Crippen LogP contribution in [0.4, 0.5) is 0 Å². The second kappa shape index (κ2) is 4.99. The van der Waals surface area contributed by atoms with Crippen LogP contribution >= 0.6 is 0 Å². The molecule has 14 heavy (non-hydrogen) atoms. The predicted molar refractivity (Wildman–Crippen MR) is 56.6 cm³/mol. The maximum absolute atomic E-state index is 10.7. The van der Waals surface area contributed by atoms with E-state index in [2.05, 4.69) is 25.7 Å². The van der Waals surface area contributed by atoms with E-state index in [1.54, 1.807) is 0 Å². The Morgan fingerprint density at radius 1 is 1.64 bits per heavy atom. The van der Waals surface area contributed by atoms with Gasteiger partial charge in [-0.3, -0.25) is 4.79 Å². The van der Waals surface area contributed by atoms with E-state index < -0.39 is 0 Å². The van der Waals surface area contributed by atoms with E-state index in [4.69, 9.17) is 4.74 Å². The summed E-state index contributed by atoms with van der Waals surface area (Å²) in [5.41, 5.74) is 0. The van der Waals surface area contributed by atoms with Gasteiger partial charge in [0.1, 0.15) is 5.76 Å². The molecular weight excluding hydrogens is 176 g/mol. The monoisotopic (exact) mass is 194 g/mol. The first-order valence-electron chi connectivity index (χ1n) is 5.12. The molecule has 0 spiro atoms. The molecule has 0 heterocycles. The summed E-state index contributed by atoms with van der Waals surface area (Å²) in [6.45, 7) is 7.36.